The highest BCUT2D eigenvalue weighted by Crippen LogP contribution is 2.28. The Bertz CT molecular complexity index is 693. The maximum absolute atomic E-state index is 12.4. The molecule has 0 saturated heterocycles. The summed E-state index contributed by atoms with van der Waals surface area (Å²) < 4.78 is 5.20. The van der Waals surface area contributed by atoms with Crippen molar-refractivity contribution >= 4 is 11.6 Å². The van der Waals surface area contributed by atoms with Crippen molar-refractivity contribution in [1.82, 2.24) is 4.90 Å². The van der Waals surface area contributed by atoms with Crippen molar-refractivity contribution < 1.29 is 9.53 Å². The van der Waals surface area contributed by atoms with Crippen LogP contribution in [0.25, 0.3) is 0 Å². The van der Waals surface area contributed by atoms with E-state index < -0.39 is 0 Å². The molecule has 1 saturated carbocycles. The van der Waals surface area contributed by atoms with Crippen molar-refractivity contribution in [3.05, 3.63) is 59.7 Å². The molecule has 1 N–H and O–H groups in total. The highest BCUT2D eigenvalue weighted by atomic mass is 16.5. The number of methoxy groups -OCH3 is 1. The molecule has 0 radical (unpaired) electrons. The lowest BCUT2D eigenvalue weighted by Gasteiger charge is -2.22. The van der Waals surface area contributed by atoms with Crippen molar-refractivity contribution in [1.29, 1.82) is 0 Å². The Morgan fingerprint density at radius 3 is 2.50 bits per heavy atom. The number of carbonyl (C=O) groups is 1. The van der Waals surface area contributed by atoms with E-state index in [0.717, 1.165) is 23.5 Å². The zero-order chi connectivity index (χ0) is 16.9. The van der Waals surface area contributed by atoms with Crippen molar-refractivity contribution in [2.45, 2.75) is 32.4 Å². The lowest BCUT2D eigenvalue weighted by atomic mass is 10.2. The number of nitrogens with one attached hydrogen (secondary N) is 1. The van der Waals surface area contributed by atoms with Crippen LogP contribution in [0.3, 0.4) is 0 Å². The van der Waals surface area contributed by atoms with Gasteiger partial charge in [0.15, 0.2) is 0 Å². The Morgan fingerprint density at radius 1 is 1.17 bits per heavy atom. The first kappa shape index (κ1) is 16.5. The maximum Gasteiger partial charge on any atom is 0.238 e. The van der Waals surface area contributed by atoms with Gasteiger partial charge in [-0.05, 0) is 49.1 Å². The molecule has 0 atom stereocenters. The first-order valence-corrected chi connectivity index (χ1v) is 8.38. The van der Waals surface area contributed by atoms with Gasteiger partial charge in [0.1, 0.15) is 5.75 Å². The summed E-state index contributed by atoms with van der Waals surface area (Å²) in [4.78, 5) is 14.7. The van der Waals surface area contributed by atoms with Crippen molar-refractivity contribution in [2.24, 2.45) is 0 Å². The molecule has 0 spiro atoms. The van der Waals surface area contributed by atoms with Gasteiger partial charge in [-0.3, -0.25) is 9.69 Å². The molecule has 0 bridgehead atoms. The molecule has 0 unspecified atom stereocenters. The minimum atomic E-state index is 0.0460. The smallest absolute Gasteiger partial charge is 0.238 e. The molecule has 4 nitrogen and oxygen atoms in total. The van der Waals surface area contributed by atoms with E-state index in [1.54, 1.807) is 7.11 Å². The number of rotatable bonds is 7. The molecule has 24 heavy (non-hydrogen) atoms. The summed E-state index contributed by atoms with van der Waals surface area (Å²) in [5.74, 6) is 0.902. The van der Waals surface area contributed by atoms with Gasteiger partial charge < -0.3 is 10.1 Å². The predicted molar refractivity (Wildman–Crippen MR) is 96.2 cm³/mol. The molecule has 0 aromatic heterocycles. The number of nitrogens with zero attached hydrogens (tertiary/aromatic N) is 1. The van der Waals surface area contributed by atoms with Crippen LogP contribution in [-0.4, -0.2) is 30.5 Å². The molecule has 4 heteroatoms. The number of carbonyl (C=O) groups excluding carboxylic acids is 1. The van der Waals surface area contributed by atoms with Crippen LogP contribution in [0.4, 0.5) is 5.69 Å². The third-order valence-corrected chi connectivity index (χ3v) is 4.37. The number of hydrogen-bond acceptors (Lipinski definition) is 3. The zero-order valence-electron chi connectivity index (χ0n) is 14.3. The Morgan fingerprint density at radius 2 is 1.88 bits per heavy atom. The van der Waals surface area contributed by atoms with E-state index in [1.165, 1.54) is 18.4 Å². The molecule has 1 aliphatic rings. The summed E-state index contributed by atoms with van der Waals surface area (Å²) in [5.41, 5.74) is 3.17. The quantitative estimate of drug-likeness (QED) is 0.846. The van der Waals surface area contributed by atoms with Crippen LogP contribution in [0.2, 0.25) is 0 Å². The van der Waals surface area contributed by atoms with Crippen molar-refractivity contribution in [3.8, 4) is 5.75 Å². The van der Waals surface area contributed by atoms with Gasteiger partial charge in [-0.25, -0.2) is 0 Å². The van der Waals surface area contributed by atoms with Crippen LogP contribution in [0, 0.1) is 6.92 Å². The molecule has 1 amide bonds. The topological polar surface area (TPSA) is 41.6 Å². The standard InChI is InChI=1S/C20H24N2O2/c1-15-5-3-4-6-19(15)21-20(23)14-22(17-9-10-17)13-16-7-11-18(24-2)12-8-16/h3-8,11-12,17H,9-10,13-14H2,1-2H3,(H,21,23). The minimum absolute atomic E-state index is 0.0460. The maximum atomic E-state index is 12.4. The molecular formula is C20H24N2O2. The molecule has 0 aliphatic heterocycles. The number of ether oxygens (including phenoxy) is 1. The fourth-order valence-corrected chi connectivity index (χ4v) is 2.81. The lowest BCUT2D eigenvalue weighted by Crippen LogP contribution is -2.34. The third-order valence-electron chi connectivity index (χ3n) is 4.37. The molecule has 1 fully saturated rings. The van der Waals surface area contributed by atoms with Crippen molar-refractivity contribution in [2.75, 3.05) is 19.0 Å². The minimum Gasteiger partial charge on any atom is -0.497 e. The SMILES string of the molecule is COc1ccc(CN(CC(=O)Nc2ccccc2C)C2CC2)cc1. The molecule has 126 valence electrons. The summed E-state index contributed by atoms with van der Waals surface area (Å²) in [6.45, 7) is 3.21. The van der Waals surface area contributed by atoms with Crippen LogP contribution in [0.1, 0.15) is 24.0 Å². The van der Waals surface area contributed by atoms with Gasteiger partial charge in [0.25, 0.3) is 0 Å². The average Bonchev–Trinajstić information content (AvgIpc) is 3.42. The second kappa shape index (κ2) is 7.49. The second-order valence-corrected chi connectivity index (χ2v) is 6.35. The van der Waals surface area contributed by atoms with E-state index in [-0.39, 0.29) is 5.91 Å². The van der Waals surface area contributed by atoms with Crippen LogP contribution in [-0.2, 0) is 11.3 Å². The highest BCUT2D eigenvalue weighted by Gasteiger charge is 2.30. The fraction of sp³-hybridized carbons (Fsp3) is 0.350. The predicted octanol–water partition coefficient (Wildman–Crippen LogP) is 3.61. The molecule has 2 aromatic rings. The van der Waals surface area contributed by atoms with E-state index >= 15 is 0 Å². The molecule has 3 rings (SSSR count). The van der Waals surface area contributed by atoms with Crippen LogP contribution in [0.15, 0.2) is 48.5 Å². The van der Waals surface area contributed by atoms with Gasteiger partial charge in [0.05, 0.1) is 13.7 Å². The Kier molecular flexibility index (Phi) is 5.16. The Balaban J connectivity index is 1.61. The molecule has 1 aliphatic carbocycles. The third kappa shape index (κ3) is 4.36. The van der Waals surface area contributed by atoms with E-state index in [1.807, 2.05) is 43.3 Å². The first-order valence-electron chi connectivity index (χ1n) is 8.38. The molecule has 2 aromatic carbocycles. The monoisotopic (exact) mass is 324 g/mol. The van der Waals surface area contributed by atoms with Gasteiger partial charge in [-0.15, -0.1) is 0 Å². The lowest BCUT2D eigenvalue weighted by molar-refractivity contribution is -0.117. The molecular weight excluding hydrogens is 300 g/mol. The number of anilines is 1. The largest absolute Gasteiger partial charge is 0.497 e. The Labute approximate surface area is 143 Å². The zero-order valence-corrected chi connectivity index (χ0v) is 14.3. The van der Waals surface area contributed by atoms with E-state index in [0.29, 0.717) is 12.6 Å². The van der Waals surface area contributed by atoms with Gasteiger partial charge in [0, 0.05) is 18.3 Å². The van der Waals surface area contributed by atoms with Crippen molar-refractivity contribution in [3.63, 3.8) is 0 Å². The average molecular weight is 324 g/mol. The van der Waals surface area contributed by atoms with Crippen LogP contribution >= 0.6 is 0 Å². The van der Waals surface area contributed by atoms with Gasteiger partial charge in [-0.2, -0.15) is 0 Å². The molecule has 0 heterocycles. The van der Waals surface area contributed by atoms with E-state index in [2.05, 4.69) is 22.3 Å². The number of para-hydroxylation sites is 1. The summed E-state index contributed by atoms with van der Waals surface area (Å²) in [6, 6.07) is 16.4. The van der Waals surface area contributed by atoms with Gasteiger partial charge in [0.2, 0.25) is 5.91 Å². The normalized spacial score (nSPS) is 13.8. The van der Waals surface area contributed by atoms with Gasteiger partial charge >= 0.3 is 0 Å². The number of amides is 1. The summed E-state index contributed by atoms with van der Waals surface area (Å²) in [5, 5.41) is 3.03. The first-order chi connectivity index (χ1) is 11.7. The highest BCUT2D eigenvalue weighted by molar-refractivity contribution is 5.93. The fourth-order valence-electron chi connectivity index (χ4n) is 2.81. The van der Waals surface area contributed by atoms with Crippen LogP contribution < -0.4 is 10.1 Å². The van der Waals surface area contributed by atoms with E-state index in [9.17, 15) is 4.79 Å². The second-order valence-electron chi connectivity index (χ2n) is 6.35. The summed E-state index contributed by atoms with van der Waals surface area (Å²) in [7, 11) is 1.67. The Hall–Kier alpha value is -2.33. The summed E-state index contributed by atoms with van der Waals surface area (Å²) in [6.07, 6.45) is 2.35. The van der Waals surface area contributed by atoms with Crippen LogP contribution in [0.5, 0.6) is 5.75 Å². The summed E-state index contributed by atoms with van der Waals surface area (Å²) >= 11 is 0. The number of aryl methyl sites for hydroxylation is 1. The van der Waals surface area contributed by atoms with E-state index in [4.69, 9.17) is 4.74 Å². The number of benzene rings is 2. The number of hydrogen-bond donors (Lipinski definition) is 1. The van der Waals surface area contributed by atoms with Gasteiger partial charge in [-0.1, -0.05) is 30.3 Å².